The highest BCUT2D eigenvalue weighted by Crippen LogP contribution is 2.17. The van der Waals surface area contributed by atoms with Crippen molar-refractivity contribution in [1.29, 1.82) is 0 Å². The molecule has 0 saturated carbocycles. The summed E-state index contributed by atoms with van der Waals surface area (Å²) in [6.45, 7) is 15.5. The minimum Gasteiger partial charge on any atom is -0.466 e. The lowest BCUT2D eigenvalue weighted by molar-refractivity contribution is -0.146. The highest BCUT2D eigenvalue weighted by molar-refractivity contribution is 5.70. The Morgan fingerprint density at radius 2 is 0.532 bits per heavy atom. The van der Waals surface area contributed by atoms with Crippen molar-refractivity contribution in [2.75, 3.05) is 26.4 Å². The van der Waals surface area contributed by atoms with Crippen LogP contribution in [0, 0.1) is 11.8 Å². The molecule has 0 spiro atoms. The Kier molecular flexibility index (Phi) is 51.5. The minimum atomic E-state index is -0.0444. The monoisotopic (exact) mass is 881 g/mol. The summed E-state index contributed by atoms with van der Waals surface area (Å²) in [5.74, 6) is 0.864. The van der Waals surface area contributed by atoms with Gasteiger partial charge in [0.1, 0.15) is 0 Å². The highest BCUT2D eigenvalue weighted by Gasteiger charge is 2.12. The van der Waals surface area contributed by atoms with E-state index in [0.29, 0.717) is 63.9 Å². The Balaban J connectivity index is 0. The van der Waals surface area contributed by atoms with Gasteiger partial charge in [0, 0.05) is 25.7 Å². The van der Waals surface area contributed by atoms with Crippen molar-refractivity contribution in [3.05, 3.63) is 0 Å². The fourth-order valence-electron chi connectivity index (χ4n) is 7.49. The van der Waals surface area contributed by atoms with Crippen molar-refractivity contribution < 1.29 is 38.1 Å². The summed E-state index contributed by atoms with van der Waals surface area (Å²) < 4.78 is 21.5. The Hall–Kier alpha value is -2.12. The van der Waals surface area contributed by atoms with Gasteiger partial charge in [-0.2, -0.15) is 0 Å². The molecule has 0 aromatic heterocycles. The Bertz CT molecular complexity index is 892. The predicted molar refractivity (Wildman–Crippen MR) is 260 cm³/mol. The normalized spacial score (nSPS) is 12.0. The summed E-state index contributed by atoms with van der Waals surface area (Å²) in [4.78, 5) is 47.2. The Labute approximate surface area is 384 Å². The van der Waals surface area contributed by atoms with Gasteiger partial charge in [0.25, 0.3) is 0 Å². The number of carbonyl (C=O) groups excluding carboxylic acids is 4. The molecule has 8 heteroatoms. The number of esters is 4. The lowest BCUT2D eigenvalue weighted by Crippen LogP contribution is -2.13. The molecule has 62 heavy (non-hydrogen) atoms. The van der Waals surface area contributed by atoms with Crippen LogP contribution in [0.15, 0.2) is 0 Å². The zero-order chi connectivity index (χ0) is 46.0. The number of ether oxygens (including phenoxy) is 4. The second kappa shape index (κ2) is 51.5. The molecule has 0 aliphatic heterocycles. The van der Waals surface area contributed by atoms with Crippen molar-refractivity contribution in [3.63, 3.8) is 0 Å². The van der Waals surface area contributed by atoms with Crippen molar-refractivity contribution >= 4 is 23.9 Å². The largest absolute Gasteiger partial charge is 0.466 e. The molecule has 0 N–H and O–H groups in total. The molecule has 0 fully saturated rings. The van der Waals surface area contributed by atoms with Gasteiger partial charge in [-0.05, 0) is 63.2 Å². The van der Waals surface area contributed by atoms with Crippen LogP contribution in [0.3, 0.4) is 0 Å². The summed E-state index contributed by atoms with van der Waals surface area (Å²) in [5.41, 5.74) is 0. The van der Waals surface area contributed by atoms with E-state index in [-0.39, 0.29) is 23.9 Å². The van der Waals surface area contributed by atoms with Gasteiger partial charge in [-0.15, -0.1) is 0 Å². The lowest BCUT2D eigenvalue weighted by Gasteiger charge is -2.14. The molecule has 0 aliphatic carbocycles. The van der Waals surface area contributed by atoms with E-state index < -0.39 is 0 Å². The molecule has 0 rings (SSSR count). The molecule has 2 unspecified atom stereocenters. The highest BCUT2D eigenvalue weighted by atomic mass is 16.5. The van der Waals surface area contributed by atoms with Gasteiger partial charge in [0.2, 0.25) is 0 Å². The number of hydrogen-bond donors (Lipinski definition) is 0. The van der Waals surface area contributed by atoms with E-state index in [0.717, 1.165) is 116 Å². The first-order chi connectivity index (χ1) is 30.3. The standard InChI is InChI=1S/C28H54O4.C26H50O4/c1-3-5-7-9-13-17-21-25-31-27(29)23-19-15-11-12-16-20-24-28(30)32-26-22-18-14-10-8-6-4-2;1-5-9-17-23(7-3)21-29-25(27)19-15-13-11-12-14-16-20-26(28)30-22-24(8-4)18-10-6-2/h3-26H2,1-2H3;23-24H,5-22H2,1-4H3. The van der Waals surface area contributed by atoms with Gasteiger partial charge < -0.3 is 18.9 Å². The maximum Gasteiger partial charge on any atom is 0.305 e. The molecular weight excluding hydrogens is 777 g/mol. The zero-order valence-corrected chi connectivity index (χ0v) is 42.1. The third-order valence-corrected chi connectivity index (χ3v) is 12.1. The van der Waals surface area contributed by atoms with Crippen molar-refractivity contribution in [3.8, 4) is 0 Å². The molecule has 8 nitrogen and oxygen atoms in total. The molecule has 0 saturated heterocycles. The second-order valence-electron chi connectivity index (χ2n) is 18.1. The van der Waals surface area contributed by atoms with E-state index in [1.54, 1.807) is 0 Å². The Morgan fingerprint density at radius 3 is 0.806 bits per heavy atom. The number of rotatable bonds is 46. The molecule has 368 valence electrons. The average molecular weight is 881 g/mol. The number of carbonyl (C=O) groups is 4. The molecule has 0 aliphatic rings. The van der Waals surface area contributed by atoms with Crippen LogP contribution in [0.1, 0.15) is 286 Å². The average Bonchev–Trinajstić information content (AvgIpc) is 3.27. The zero-order valence-electron chi connectivity index (χ0n) is 42.1. The molecule has 0 aromatic rings. The summed E-state index contributed by atoms with van der Waals surface area (Å²) in [5, 5.41) is 0. The van der Waals surface area contributed by atoms with E-state index in [1.807, 2.05) is 0 Å². The second-order valence-corrected chi connectivity index (χ2v) is 18.1. The fourth-order valence-corrected chi connectivity index (χ4v) is 7.49. The van der Waals surface area contributed by atoms with Crippen LogP contribution in [0.2, 0.25) is 0 Å². The van der Waals surface area contributed by atoms with Crippen LogP contribution in [-0.2, 0) is 38.1 Å². The quantitative estimate of drug-likeness (QED) is 0.0338. The number of unbranched alkanes of at least 4 members (excludes halogenated alkanes) is 24. The molecule has 0 amide bonds. The number of hydrogen-bond acceptors (Lipinski definition) is 8. The third-order valence-electron chi connectivity index (χ3n) is 12.1. The molecule has 0 aromatic carbocycles. The maximum atomic E-state index is 11.9. The first-order valence-electron chi connectivity index (χ1n) is 26.9. The van der Waals surface area contributed by atoms with Crippen LogP contribution in [0.25, 0.3) is 0 Å². The van der Waals surface area contributed by atoms with Crippen molar-refractivity contribution in [1.82, 2.24) is 0 Å². The summed E-state index contributed by atoms with van der Waals surface area (Å²) in [6.07, 6.45) is 41.2. The van der Waals surface area contributed by atoms with Crippen LogP contribution < -0.4 is 0 Å². The van der Waals surface area contributed by atoms with Crippen LogP contribution in [0.5, 0.6) is 0 Å². The van der Waals surface area contributed by atoms with Gasteiger partial charge in [-0.3, -0.25) is 19.2 Å². The SMILES string of the molecule is CCCCC(CC)COC(=O)CCCCCCCCC(=O)OCC(CC)CCCC.CCCCCCCCCOC(=O)CCCCCCCCC(=O)OCCCCCCCCC. The van der Waals surface area contributed by atoms with E-state index >= 15 is 0 Å². The predicted octanol–water partition coefficient (Wildman–Crippen LogP) is 16.3. The summed E-state index contributed by atoms with van der Waals surface area (Å²) >= 11 is 0. The third kappa shape index (κ3) is 48.9. The molecular formula is C54H104O8. The maximum absolute atomic E-state index is 11.9. The van der Waals surface area contributed by atoms with Gasteiger partial charge >= 0.3 is 23.9 Å². The summed E-state index contributed by atoms with van der Waals surface area (Å²) in [6, 6.07) is 0. The minimum absolute atomic E-state index is 0.0420. The van der Waals surface area contributed by atoms with E-state index in [1.165, 1.54) is 103 Å². The van der Waals surface area contributed by atoms with Crippen LogP contribution in [-0.4, -0.2) is 50.3 Å². The van der Waals surface area contributed by atoms with Gasteiger partial charge in [-0.1, -0.05) is 208 Å². The molecule has 0 bridgehead atoms. The summed E-state index contributed by atoms with van der Waals surface area (Å²) in [7, 11) is 0. The van der Waals surface area contributed by atoms with Gasteiger partial charge in [0.05, 0.1) is 26.4 Å². The van der Waals surface area contributed by atoms with E-state index in [9.17, 15) is 19.2 Å². The van der Waals surface area contributed by atoms with Crippen LogP contribution >= 0.6 is 0 Å². The van der Waals surface area contributed by atoms with Gasteiger partial charge in [-0.25, -0.2) is 0 Å². The Morgan fingerprint density at radius 1 is 0.290 bits per heavy atom. The topological polar surface area (TPSA) is 105 Å². The van der Waals surface area contributed by atoms with E-state index in [4.69, 9.17) is 18.9 Å². The van der Waals surface area contributed by atoms with Crippen LogP contribution in [0.4, 0.5) is 0 Å². The first-order valence-corrected chi connectivity index (χ1v) is 26.9. The molecule has 0 radical (unpaired) electrons. The molecule has 2 atom stereocenters. The molecule has 0 heterocycles. The van der Waals surface area contributed by atoms with Gasteiger partial charge in [0.15, 0.2) is 0 Å². The van der Waals surface area contributed by atoms with Crippen molar-refractivity contribution in [2.45, 2.75) is 286 Å². The van der Waals surface area contributed by atoms with Crippen molar-refractivity contribution in [2.24, 2.45) is 11.8 Å². The fraction of sp³-hybridized carbons (Fsp3) is 0.926. The smallest absolute Gasteiger partial charge is 0.305 e. The lowest BCUT2D eigenvalue weighted by atomic mass is 10.0. The first kappa shape index (κ1) is 62.0. The van der Waals surface area contributed by atoms with E-state index in [2.05, 4.69) is 41.5 Å².